The molecule has 0 fully saturated rings. The van der Waals surface area contributed by atoms with Gasteiger partial charge in [0.2, 0.25) is 0 Å². The molecular formula is C24H17ClF6N4. The molecule has 0 bridgehead atoms. The molecule has 1 atom stereocenters. The zero-order valence-electron chi connectivity index (χ0n) is 18.0. The first kappa shape index (κ1) is 24.7. The molecular weight excluding hydrogens is 494 g/mol. The molecule has 182 valence electrons. The van der Waals surface area contributed by atoms with Crippen LogP contribution in [0.2, 0.25) is 0 Å². The average molecular weight is 511 g/mol. The van der Waals surface area contributed by atoms with Crippen LogP contribution in [0, 0.1) is 0 Å². The average Bonchev–Trinajstić information content (AvgIpc) is 2.82. The number of aromatic nitrogens is 3. The molecule has 0 radical (unpaired) electrons. The summed E-state index contributed by atoms with van der Waals surface area (Å²) in [6, 6.07) is 12.4. The molecule has 4 aromatic rings. The van der Waals surface area contributed by atoms with Crippen molar-refractivity contribution in [2.45, 2.75) is 31.1 Å². The number of nitrogens with zero attached hydrogens (tertiary/aromatic N) is 3. The number of nitrogens with one attached hydrogen (secondary N) is 1. The highest BCUT2D eigenvalue weighted by Crippen LogP contribution is 2.38. The molecule has 2 heterocycles. The minimum Gasteiger partial charge on any atom is -0.340 e. The Morgan fingerprint density at radius 3 is 2.29 bits per heavy atom. The summed E-state index contributed by atoms with van der Waals surface area (Å²) < 4.78 is 79.3. The van der Waals surface area contributed by atoms with E-state index in [0.29, 0.717) is 22.4 Å². The largest absolute Gasteiger partial charge is 0.418 e. The van der Waals surface area contributed by atoms with Crippen molar-refractivity contribution >= 4 is 34.0 Å². The Labute approximate surface area is 201 Å². The number of pyridine rings is 1. The summed E-state index contributed by atoms with van der Waals surface area (Å²) in [5.74, 6) is -1.15. The van der Waals surface area contributed by atoms with E-state index in [-0.39, 0.29) is 28.5 Å². The third-order valence-corrected chi connectivity index (χ3v) is 5.65. The van der Waals surface area contributed by atoms with Crippen LogP contribution in [0.3, 0.4) is 0 Å². The molecule has 0 saturated carbocycles. The fraction of sp³-hybridized carbons (Fsp3) is 0.208. The predicted molar refractivity (Wildman–Crippen MR) is 122 cm³/mol. The van der Waals surface area contributed by atoms with Gasteiger partial charge >= 0.3 is 12.4 Å². The van der Waals surface area contributed by atoms with Crippen LogP contribution in [0.25, 0.3) is 22.2 Å². The van der Waals surface area contributed by atoms with Gasteiger partial charge in [-0.05, 0) is 48.9 Å². The van der Waals surface area contributed by atoms with Gasteiger partial charge in [-0.15, -0.1) is 11.6 Å². The maximum atomic E-state index is 13.5. The van der Waals surface area contributed by atoms with E-state index in [1.165, 1.54) is 48.7 Å². The van der Waals surface area contributed by atoms with Gasteiger partial charge in [0.05, 0.1) is 28.6 Å². The van der Waals surface area contributed by atoms with Gasteiger partial charge in [0.1, 0.15) is 11.6 Å². The predicted octanol–water partition coefficient (Wildman–Crippen LogP) is 7.86. The Balaban J connectivity index is 1.73. The summed E-state index contributed by atoms with van der Waals surface area (Å²) in [6.07, 6.45) is -7.67. The summed E-state index contributed by atoms with van der Waals surface area (Å²) in [4.78, 5) is 12.6. The van der Waals surface area contributed by atoms with Crippen LogP contribution >= 0.6 is 11.6 Å². The number of benzene rings is 2. The number of anilines is 2. The summed E-state index contributed by atoms with van der Waals surface area (Å²) in [5, 5.41) is 3.52. The van der Waals surface area contributed by atoms with Crippen LogP contribution in [-0.4, -0.2) is 21.1 Å². The van der Waals surface area contributed by atoms with E-state index in [1.54, 1.807) is 6.07 Å². The highest BCUT2D eigenvalue weighted by atomic mass is 35.5. The standard InChI is InChI=1S/C24H17ClF6N4/c1-13(23(26,27)28)14-4-7-16(8-5-14)33-22-17-9-6-15(11-19(17)34-20(12-25)35-22)21-18(24(29,30)31)3-2-10-32-21/h2-11,13H,12H2,1H3,(H,33,34,35). The lowest BCUT2D eigenvalue weighted by Crippen LogP contribution is -2.17. The quantitative estimate of drug-likeness (QED) is 0.219. The van der Waals surface area contributed by atoms with Crippen LogP contribution in [0.15, 0.2) is 60.8 Å². The van der Waals surface area contributed by atoms with E-state index < -0.39 is 23.8 Å². The van der Waals surface area contributed by atoms with E-state index in [4.69, 9.17) is 11.6 Å². The van der Waals surface area contributed by atoms with Gasteiger partial charge in [-0.3, -0.25) is 4.98 Å². The normalized spacial score (nSPS) is 13.1. The van der Waals surface area contributed by atoms with Crippen LogP contribution in [-0.2, 0) is 12.1 Å². The van der Waals surface area contributed by atoms with E-state index in [2.05, 4.69) is 20.3 Å². The van der Waals surface area contributed by atoms with Crippen LogP contribution < -0.4 is 5.32 Å². The zero-order chi connectivity index (χ0) is 25.4. The molecule has 0 amide bonds. The fourth-order valence-electron chi connectivity index (χ4n) is 3.52. The van der Waals surface area contributed by atoms with E-state index in [0.717, 1.165) is 13.0 Å². The third-order valence-electron chi connectivity index (χ3n) is 5.41. The topological polar surface area (TPSA) is 50.7 Å². The lowest BCUT2D eigenvalue weighted by Gasteiger charge is -2.17. The van der Waals surface area contributed by atoms with Crippen LogP contribution in [0.4, 0.5) is 37.8 Å². The van der Waals surface area contributed by atoms with Crippen LogP contribution in [0.5, 0.6) is 0 Å². The summed E-state index contributed by atoms with van der Waals surface area (Å²) in [6.45, 7) is 1.08. The van der Waals surface area contributed by atoms with Crippen molar-refractivity contribution in [3.8, 4) is 11.3 Å². The molecule has 0 aliphatic rings. The van der Waals surface area contributed by atoms with Gasteiger partial charge in [-0.1, -0.05) is 18.2 Å². The first-order valence-corrected chi connectivity index (χ1v) is 10.8. The van der Waals surface area contributed by atoms with Crippen LogP contribution in [0.1, 0.15) is 29.8 Å². The second kappa shape index (κ2) is 9.33. The second-order valence-electron chi connectivity index (χ2n) is 7.76. The minimum atomic E-state index is -4.59. The number of rotatable bonds is 5. The third kappa shape index (κ3) is 5.32. The lowest BCUT2D eigenvalue weighted by atomic mass is 10.0. The fourth-order valence-corrected chi connectivity index (χ4v) is 3.64. The van der Waals surface area contributed by atoms with Crippen molar-refractivity contribution in [2.24, 2.45) is 0 Å². The first-order valence-electron chi connectivity index (χ1n) is 10.3. The van der Waals surface area contributed by atoms with Gasteiger partial charge in [-0.2, -0.15) is 26.3 Å². The number of hydrogen-bond acceptors (Lipinski definition) is 4. The van der Waals surface area contributed by atoms with Crippen molar-refractivity contribution in [1.29, 1.82) is 0 Å². The SMILES string of the molecule is CC(c1ccc(Nc2nc(CCl)nc3cc(-c4ncccc4C(F)(F)F)ccc23)cc1)C(F)(F)F. The molecule has 1 unspecified atom stereocenters. The van der Waals surface area contributed by atoms with Gasteiger partial charge in [-0.25, -0.2) is 9.97 Å². The van der Waals surface area contributed by atoms with Gasteiger partial charge in [0.15, 0.2) is 0 Å². The van der Waals surface area contributed by atoms with E-state index >= 15 is 0 Å². The monoisotopic (exact) mass is 510 g/mol. The molecule has 0 aliphatic carbocycles. The van der Waals surface area contributed by atoms with Gasteiger partial charge in [0, 0.05) is 22.8 Å². The first-order chi connectivity index (χ1) is 16.5. The van der Waals surface area contributed by atoms with E-state index in [1.807, 2.05) is 0 Å². The summed E-state index contributed by atoms with van der Waals surface area (Å²) in [7, 11) is 0. The number of alkyl halides is 7. The molecule has 0 saturated heterocycles. The highest BCUT2D eigenvalue weighted by Gasteiger charge is 2.37. The molecule has 0 aliphatic heterocycles. The number of hydrogen-bond donors (Lipinski definition) is 1. The Morgan fingerprint density at radius 2 is 1.66 bits per heavy atom. The Kier molecular flexibility index (Phi) is 6.59. The second-order valence-corrected chi connectivity index (χ2v) is 8.03. The zero-order valence-corrected chi connectivity index (χ0v) is 18.8. The lowest BCUT2D eigenvalue weighted by molar-refractivity contribution is -0.146. The van der Waals surface area contributed by atoms with Gasteiger partial charge < -0.3 is 5.32 Å². The Morgan fingerprint density at radius 1 is 0.943 bits per heavy atom. The van der Waals surface area contributed by atoms with Crippen molar-refractivity contribution in [3.63, 3.8) is 0 Å². The molecule has 11 heteroatoms. The molecule has 0 spiro atoms. The Bertz CT molecular complexity index is 1350. The highest BCUT2D eigenvalue weighted by molar-refractivity contribution is 6.16. The summed E-state index contributed by atoms with van der Waals surface area (Å²) >= 11 is 5.92. The molecule has 4 nitrogen and oxygen atoms in total. The molecule has 2 aromatic carbocycles. The van der Waals surface area contributed by atoms with Crippen molar-refractivity contribution < 1.29 is 26.3 Å². The smallest absolute Gasteiger partial charge is 0.340 e. The molecule has 4 rings (SSSR count). The van der Waals surface area contributed by atoms with Gasteiger partial charge in [0.25, 0.3) is 0 Å². The van der Waals surface area contributed by atoms with Crippen molar-refractivity contribution in [3.05, 3.63) is 77.7 Å². The minimum absolute atomic E-state index is 0.0612. The van der Waals surface area contributed by atoms with Crippen molar-refractivity contribution in [2.75, 3.05) is 5.32 Å². The van der Waals surface area contributed by atoms with Crippen molar-refractivity contribution in [1.82, 2.24) is 15.0 Å². The number of halogens is 7. The maximum Gasteiger partial charge on any atom is 0.418 e. The molecule has 2 aromatic heterocycles. The summed E-state index contributed by atoms with van der Waals surface area (Å²) in [5.41, 5.74) is 0.00136. The molecule has 1 N–H and O–H groups in total. The maximum absolute atomic E-state index is 13.5. The molecule has 35 heavy (non-hydrogen) atoms. The van der Waals surface area contributed by atoms with E-state index in [9.17, 15) is 26.3 Å². The Hall–Kier alpha value is -3.40. The number of fused-ring (bicyclic) bond motifs is 1.